The van der Waals surface area contributed by atoms with Gasteiger partial charge in [-0.3, -0.25) is 0 Å². The zero-order valence-corrected chi connectivity index (χ0v) is 10.8. The van der Waals surface area contributed by atoms with Crippen LogP contribution in [0.2, 0.25) is 0 Å². The molecule has 18 heavy (non-hydrogen) atoms. The van der Waals surface area contributed by atoms with E-state index < -0.39 is 6.85 Å². The van der Waals surface area contributed by atoms with Crippen molar-refractivity contribution in [2.45, 2.75) is 50.4 Å². The lowest BCUT2D eigenvalue weighted by molar-refractivity contribution is 0.0569. The quantitative estimate of drug-likeness (QED) is 0.738. The molecule has 0 aromatic heterocycles. The van der Waals surface area contributed by atoms with Gasteiger partial charge in [-0.1, -0.05) is 31.1 Å². The summed E-state index contributed by atoms with van der Waals surface area (Å²) in [4.78, 5) is 0. The summed E-state index contributed by atoms with van der Waals surface area (Å²) < 4.78 is 23.4. The van der Waals surface area contributed by atoms with Crippen LogP contribution in [-0.2, 0) is 11.8 Å². The van der Waals surface area contributed by atoms with Crippen LogP contribution in [0.5, 0.6) is 0 Å². The molecule has 1 saturated carbocycles. The molecule has 1 unspecified atom stereocenters. The van der Waals surface area contributed by atoms with E-state index in [1.54, 1.807) is 0 Å². The molecule has 1 aromatic rings. The molecule has 0 amide bonds. The van der Waals surface area contributed by atoms with Gasteiger partial charge in [0.15, 0.2) is 0 Å². The third kappa shape index (κ3) is 1.37. The normalized spacial score (nSPS) is 45.1. The summed E-state index contributed by atoms with van der Waals surface area (Å²) in [5.41, 5.74) is 3.25. The monoisotopic (exact) mass is 244 g/mol. The van der Waals surface area contributed by atoms with E-state index in [0.717, 1.165) is 32.2 Å². The van der Waals surface area contributed by atoms with Gasteiger partial charge in [0.2, 0.25) is 0 Å². The highest BCUT2D eigenvalue weighted by Gasteiger charge is 2.52. The first-order chi connectivity index (χ1) is 10.0. The Bertz CT molecular complexity index is 553. The molecule has 1 saturated heterocycles. The van der Waals surface area contributed by atoms with Gasteiger partial charge in [-0.2, -0.15) is 0 Å². The second kappa shape index (κ2) is 3.84. The zero-order valence-electron chi connectivity index (χ0n) is 13.8. The number of hydrogen-bond acceptors (Lipinski definition) is 1. The van der Waals surface area contributed by atoms with Gasteiger partial charge in [-0.15, -0.1) is 0 Å². The molecular weight excluding hydrogens is 218 g/mol. The highest BCUT2D eigenvalue weighted by molar-refractivity contribution is 5.41. The highest BCUT2D eigenvalue weighted by Crippen LogP contribution is 2.54. The Morgan fingerprint density at radius 1 is 1.33 bits per heavy atom. The second-order valence-corrected chi connectivity index (χ2v) is 6.41. The van der Waals surface area contributed by atoms with E-state index in [2.05, 4.69) is 29.6 Å². The average molecular weight is 244 g/mol. The minimum atomic E-state index is -1.78. The van der Waals surface area contributed by atoms with Crippen molar-refractivity contribution in [3.05, 3.63) is 35.4 Å². The van der Waals surface area contributed by atoms with Crippen LogP contribution in [0.3, 0.4) is 0 Å². The average Bonchev–Trinajstić information content (AvgIpc) is 2.45. The van der Waals surface area contributed by atoms with Gasteiger partial charge in [-0.25, -0.2) is 0 Å². The van der Waals surface area contributed by atoms with Crippen molar-refractivity contribution in [2.75, 3.05) is 6.54 Å². The van der Waals surface area contributed by atoms with Gasteiger partial charge in [0.05, 0.1) is 0 Å². The van der Waals surface area contributed by atoms with E-state index in [1.165, 1.54) is 17.5 Å². The first-order valence-electron chi connectivity index (χ1n) is 8.82. The maximum atomic E-state index is 7.79. The van der Waals surface area contributed by atoms with Gasteiger partial charge in [0.1, 0.15) is 0 Å². The zero-order chi connectivity index (χ0) is 14.7. The molecule has 1 heteroatoms. The lowest BCUT2D eigenvalue weighted by Crippen LogP contribution is -2.60. The summed E-state index contributed by atoms with van der Waals surface area (Å²) >= 11 is 0. The SMILES string of the molecule is [2H]C([2H])([2H])C1CC[C@]23CCN[C@H](Cc4ccccc42)[C@@H]3C1. The van der Waals surface area contributed by atoms with Crippen LogP contribution in [-0.4, -0.2) is 12.6 Å². The van der Waals surface area contributed by atoms with E-state index in [1.807, 2.05) is 0 Å². The standard InChI is InChI=1S/C17H23N/c1-12-6-7-17-8-9-18-16(15(17)10-12)11-13-4-2-3-5-14(13)17/h2-5,12,15-16,18H,6-11H2,1H3/t12?,15-,16+,17-/m0/s1/i1D3. The Labute approximate surface area is 114 Å². The summed E-state index contributed by atoms with van der Waals surface area (Å²) in [5, 5.41) is 3.67. The van der Waals surface area contributed by atoms with Crippen molar-refractivity contribution in [1.29, 1.82) is 0 Å². The molecule has 1 aromatic carbocycles. The fourth-order valence-corrected chi connectivity index (χ4v) is 4.85. The number of rotatable bonds is 0. The van der Waals surface area contributed by atoms with Gasteiger partial charge < -0.3 is 5.32 Å². The molecule has 1 nitrogen and oxygen atoms in total. The molecule has 0 radical (unpaired) electrons. The Balaban J connectivity index is 1.76. The third-order valence-corrected chi connectivity index (χ3v) is 5.64. The van der Waals surface area contributed by atoms with Crippen LogP contribution < -0.4 is 5.32 Å². The predicted octanol–water partition coefficient (Wildman–Crippen LogP) is 3.28. The van der Waals surface area contributed by atoms with Crippen molar-refractivity contribution in [1.82, 2.24) is 5.32 Å². The fraction of sp³-hybridized carbons (Fsp3) is 0.647. The van der Waals surface area contributed by atoms with Crippen molar-refractivity contribution < 1.29 is 4.11 Å². The minimum Gasteiger partial charge on any atom is -0.313 e. The lowest BCUT2D eigenvalue weighted by atomic mass is 9.51. The molecule has 1 heterocycles. The fourth-order valence-electron chi connectivity index (χ4n) is 4.85. The van der Waals surface area contributed by atoms with Gasteiger partial charge in [0.25, 0.3) is 0 Å². The Morgan fingerprint density at radius 2 is 2.28 bits per heavy atom. The summed E-state index contributed by atoms with van der Waals surface area (Å²) in [5.74, 6) is 0.392. The van der Waals surface area contributed by atoms with E-state index in [0.29, 0.717) is 12.0 Å². The summed E-state index contributed by atoms with van der Waals surface area (Å²) in [7, 11) is 0. The molecule has 2 aliphatic carbocycles. The molecule has 96 valence electrons. The van der Waals surface area contributed by atoms with E-state index in [9.17, 15) is 0 Å². The van der Waals surface area contributed by atoms with Crippen LogP contribution in [0.15, 0.2) is 24.3 Å². The Kier molecular flexibility index (Phi) is 1.78. The van der Waals surface area contributed by atoms with Crippen molar-refractivity contribution in [2.24, 2.45) is 11.8 Å². The molecule has 4 rings (SSSR count). The van der Waals surface area contributed by atoms with Crippen LogP contribution in [0, 0.1) is 11.8 Å². The number of piperidine rings is 1. The van der Waals surface area contributed by atoms with Crippen LogP contribution in [0.1, 0.15) is 47.8 Å². The molecule has 0 spiro atoms. The molecule has 2 fully saturated rings. The largest absolute Gasteiger partial charge is 0.313 e. The van der Waals surface area contributed by atoms with E-state index >= 15 is 0 Å². The topological polar surface area (TPSA) is 12.0 Å². The third-order valence-electron chi connectivity index (χ3n) is 5.64. The van der Waals surface area contributed by atoms with Crippen LogP contribution in [0.4, 0.5) is 0 Å². The number of benzene rings is 1. The van der Waals surface area contributed by atoms with E-state index in [-0.39, 0.29) is 11.3 Å². The first kappa shape index (κ1) is 8.37. The maximum absolute atomic E-state index is 7.79. The summed E-state index contributed by atoms with van der Waals surface area (Å²) in [6, 6.07) is 9.34. The molecule has 2 bridgehead atoms. The molecule has 1 N–H and O–H groups in total. The van der Waals surface area contributed by atoms with Crippen LogP contribution >= 0.6 is 0 Å². The molecule has 1 aliphatic heterocycles. The first-order valence-corrected chi connectivity index (χ1v) is 7.32. The summed E-state index contributed by atoms with van der Waals surface area (Å²) in [6.07, 6.45) is 5.00. The minimum absolute atomic E-state index is 0.108. The Hall–Kier alpha value is -0.820. The van der Waals surface area contributed by atoms with Gasteiger partial charge >= 0.3 is 0 Å². The molecule has 3 aliphatic rings. The number of hydrogen-bond donors (Lipinski definition) is 1. The van der Waals surface area contributed by atoms with E-state index in [4.69, 9.17) is 4.11 Å². The van der Waals surface area contributed by atoms with Crippen molar-refractivity contribution in [3.8, 4) is 0 Å². The van der Waals surface area contributed by atoms with Gasteiger partial charge in [0, 0.05) is 15.6 Å². The molecule has 4 atom stereocenters. The lowest BCUT2D eigenvalue weighted by Gasteiger charge is -2.57. The smallest absolute Gasteiger partial charge is 0.0233 e. The van der Waals surface area contributed by atoms with Crippen molar-refractivity contribution >= 4 is 0 Å². The number of fused-ring (bicyclic) bond motifs is 1. The molecular formula is C17H23N. The highest BCUT2D eigenvalue weighted by atomic mass is 15.0. The van der Waals surface area contributed by atoms with Crippen LogP contribution in [0.25, 0.3) is 0 Å². The maximum Gasteiger partial charge on any atom is 0.0233 e. The second-order valence-electron chi connectivity index (χ2n) is 6.41. The van der Waals surface area contributed by atoms with Gasteiger partial charge in [-0.05, 0) is 61.6 Å². The predicted molar refractivity (Wildman–Crippen MR) is 74.7 cm³/mol. The Morgan fingerprint density at radius 3 is 3.22 bits per heavy atom. The number of nitrogens with one attached hydrogen (secondary N) is 1. The van der Waals surface area contributed by atoms with Crippen molar-refractivity contribution in [3.63, 3.8) is 0 Å². The summed E-state index contributed by atoms with van der Waals surface area (Å²) in [6.45, 7) is -0.708.